The molecular formula is C28H32ClF3N6O4. The van der Waals surface area contributed by atoms with Gasteiger partial charge in [0.15, 0.2) is 11.5 Å². The predicted molar refractivity (Wildman–Crippen MR) is 153 cm³/mol. The molecule has 10 nitrogen and oxygen atoms in total. The maximum atomic E-state index is 13.2. The molecule has 0 aliphatic carbocycles. The Morgan fingerprint density at radius 1 is 1.12 bits per heavy atom. The lowest BCUT2D eigenvalue weighted by molar-refractivity contribution is -0.137. The molecule has 0 bridgehead atoms. The van der Waals surface area contributed by atoms with Crippen LogP contribution in [0.5, 0.6) is 11.5 Å². The average molecular weight is 609 g/mol. The zero-order chi connectivity index (χ0) is 30.3. The number of nitrogens with zero attached hydrogens (tertiary/aromatic N) is 5. The van der Waals surface area contributed by atoms with Crippen LogP contribution in [0, 0.1) is 0 Å². The Bertz CT molecular complexity index is 1370. The van der Waals surface area contributed by atoms with Crippen LogP contribution in [-0.2, 0) is 12.7 Å². The van der Waals surface area contributed by atoms with E-state index in [1.165, 1.54) is 19.4 Å². The van der Waals surface area contributed by atoms with Crippen molar-refractivity contribution in [3.05, 3.63) is 64.8 Å². The van der Waals surface area contributed by atoms with Gasteiger partial charge in [-0.1, -0.05) is 11.6 Å². The van der Waals surface area contributed by atoms with Crippen molar-refractivity contribution in [2.24, 2.45) is 0 Å². The van der Waals surface area contributed by atoms with Gasteiger partial charge in [-0.05, 0) is 55.4 Å². The molecule has 1 aromatic heterocycles. The third-order valence-corrected chi connectivity index (χ3v) is 7.11. The highest BCUT2D eigenvalue weighted by molar-refractivity contribution is 6.31. The van der Waals surface area contributed by atoms with Crippen molar-refractivity contribution in [2.75, 3.05) is 63.7 Å². The van der Waals surface area contributed by atoms with E-state index in [1.54, 1.807) is 18.2 Å². The normalized spacial score (nSPS) is 14.4. The highest BCUT2D eigenvalue weighted by atomic mass is 35.5. The Labute approximate surface area is 246 Å². The van der Waals surface area contributed by atoms with Crippen molar-refractivity contribution in [1.29, 1.82) is 0 Å². The van der Waals surface area contributed by atoms with Gasteiger partial charge in [-0.25, -0.2) is 9.78 Å². The van der Waals surface area contributed by atoms with Gasteiger partial charge >= 0.3 is 12.3 Å². The molecule has 4 rings (SSSR count). The molecule has 1 saturated heterocycles. The summed E-state index contributed by atoms with van der Waals surface area (Å²) < 4.78 is 51.0. The first-order valence-corrected chi connectivity index (χ1v) is 13.6. The van der Waals surface area contributed by atoms with Gasteiger partial charge in [-0.2, -0.15) is 18.2 Å². The van der Waals surface area contributed by atoms with Crippen molar-refractivity contribution in [1.82, 2.24) is 19.8 Å². The van der Waals surface area contributed by atoms with Crippen molar-refractivity contribution < 1.29 is 32.5 Å². The average Bonchev–Trinajstić information content (AvgIpc) is 2.95. The number of halogens is 4. The Kier molecular flexibility index (Phi) is 10.3. The topological polar surface area (TPSA) is 103 Å². The largest absolute Gasteiger partial charge is 0.493 e. The number of aromatic nitrogens is 2. The minimum Gasteiger partial charge on any atom is -0.493 e. The zero-order valence-corrected chi connectivity index (χ0v) is 24.0. The fraction of sp³-hybridized carbons (Fsp3) is 0.393. The summed E-state index contributed by atoms with van der Waals surface area (Å²) in [5, 5.41) is 12.8. The van der Waals surface area contributed by atoms with Gasteiger partial charge in [0.05, 0.1) is 25.8 Å². The van der Waals surface area contributed by atoms with Crippen molar-refractivity contribution in [2.45, 2.75) is 19.1 Å². The van der Waals surface area contributed by atoms with Crippen LogP contribution in [0.1, 0.15) is 17.5 Å². The number of piperazine rings is 1. The van der Waals surface area contributed by atoms with Crippen molar-refractivity contribution >= 4 is 35.1 Å². The molecule has 0 spiro atoms. The van der Waals surface area contributed by atoms with E-state index in [4.69, 9.17) is 21.1 Å². The zero-order valence-electron chi connectivity index (χ0n) is 23.2. The Hall–Kier alpha value is -3.81. The quantitative estimate of drug-likeness (QED) is 0.269. The summed E-state index contributed by atoms with van der Waals surface area (Å²) in [6.45, 7) is 5.25. The molecule has 1 aliphatic heterocycles. The number of anilines is 3. The number of hydrogen-bond donors (Lipinski definition) is 2. The highest BCUT2D eigenvalue weighted by Gasteiger charge is 2.31. The van der Waals surface area contributed by atoms with Crippen LogP contribution in [-0.4, -0.2) is 84.5 Å². The second-order valence-electron chi connectivity index (χ2n) is 9.75. The molecule has 0 atom stereocenters. The third-order valence-electron chi connectivity index (χ3n) is 6.74. The van der Waals surface area contributed by atoms with Crippen LogP contribution in [0.3, 0.4) is 0 Å². The second kappa shape index (κ2) is 13.9. The highest BCUT2D eigenvalue weighted by Crippen LogP contribution is 2.33. The minimum atomic E-state index is -4.61. The van der Waals surface area contributed by atoms with Gasteiger partial charge in [0.2, 0.25) is 5.95 Å². The summed E-state index contributed by atoms with van der Waals surface area (Å²) in [6, 6.07) is 9.26. The summed E-state index contributed by atoms with van der Waals surface area (Å²) in [5.41, 5.74) is -0.406. The maximum Gasteiger partial charge on any atom is 0.416 e. The molecule has 42 heavy (non-hydrogen) atoms. The number of ether oxygens (including phenoxy) is 2. The first kappa shape index (κ1) is 31.1. The predicted octanol–water partition coefficient (Wildman–Crippen LogP) is 5.60. The number of hydrogen-bond acceptors (Lipinski definition) is 8. The molecule has 2 aromatic carbocycles. The van der Waals surface area contributed by atoms with E-state index in [0.29, 0.717) is 23.8 Å². The van der Waals surface area contributed by atoms with Crippen LogP contribution in [0.2, 0.25) is 5.02 Å². The molecule has 2 N–H and O–H groups in total. The minimum absolute atomic E-state index is 0.00427. The number of rotatable bonds is 11. The number of nitrogens with one attached hydrogen (secondary N) is 1. The number of carboxylic acid groups (broad SMARTS) is 1. The molecule has 2 heterocycles. The van der Waals surface area contributed by atoms with Gasteiger partial charge < -0.3 is 29.7 Å². The summed E-state index contributed by atoms with van der Waals surface area (Å²) >= 11 is 6.08. The Morgan fingerprint density at radius 3 is 2.57 bits per heavy atom. The van der Waals surface area contributed by atoms with E-state index in [2.05, 4.69) is 32.1 Å². The van der Waals surface area contributed by atoms with Crippen LogP contribution in [0.15, 0.2) is 48.7 Å². The molecule has 14 heteroatoms. The van der Waals surface area contributed by atoms with Gasteiger partial charge in [0, 0.05) is 55.7 Å². The van der Waals surface area contributed by atoms with Gasteiger partial charge in [0.1, 0.15) is 5.82 Å². The molecule has 1 fully saturated rings. The fourth-order valence-electron chi connectivity index (χ4n) is 4.38. The number of carbonyl (C=O) groups is 1. The van der Waals surface area contributed by atoms with Crippen molar-refractivity contribution in [3.63, 3.8) is 0 Å². The van der Waals surface area contributed by atoms with Gasteiger partial charge in [0.25, 0.3) is 0 Å². The van der Waals surface area contributed by atoms with Crippen LogP contribution >= 0.6 is 11.6 Å². The lowest BCUT2D eigenvalue weighted by atomic mass is 10.1. The number of benzene rings is 2. The van der Waals surface area contributed by atoms with E-state index < -0.39 is 24.4 Å². The molecule has 0 saturated carbocycles. The van der Waals surface area contributed by atoms with Crippen LogP contribution < -0.4 is 19.7 Å². The lowest BCUT2D eigenvalue weighted by Gasteiger charge is -2.32. The lowest BCUT2D eigenvalue weighted by Crippen LogP contribution is -2.44. The summed E-state index contributed by atoms with van der Waals surface area (Å²) in [6.07, 6.45) is -3.82. The van der Waals surface area contributed by atoms with E-state index in [9.17, 15) is 23.1 Å². The Morgan fingerprint density at radius 2 is 1.88 bits per heavy atom. The van der Waals surface area contributed by atoms with Crippen LogP contribution in [0.4, 0.5) is 35.4 Å². The monoisotopic (exact) mass is 608 g/mol. The molecule has 226 valence electrons. The molecular weight excluding hydrogens is 577 g/mol. The molecule has 0 radical (unpaired) electrons. The standard InChI is InChI=1S/C28H32ClF3N6O4/c1-36-11-13-37(14-12-36)10-3-15-42-23-7-5-21(17-24(23)41-2)34-26-33-9-8-25(35-26)38(27(39)40)18-19-16-20(28(30,31)32)4-6-22(19)29/h4-9,16-17H,3,10-15,18H2,1-2H3,(H,39,40)(H,33,34,35). The summed E-state index contributed by atoms with van der Waals surface area (Å²) in [4.78, 5) is 26.0. The number of amides is 1. The number of alkyl halides is 3. The maximum absolute atomic E-state index is 13.2. The first-order chi connectivity index (χ1) is 20.0. The molecule has 1 aliphatic rings. The molecule has 1 amide bonds. The summed E-state index contributed by atoms with van der Waals surface area (Å²) in [7, 11) is 3.65. The molecule has 0 unspecified atom stereocenters. The molecule has 3 aromatic rings. The number of likely N-dealkylation sites (N-methyl/N-ethyl adjacent to an activating group) is 1. The van der Waals surface area contributed by atoms with E-state index in [1.807, 2.05) is 0 Å². The van der Waals surface area contributed by atoms with Crippen molar-refractivity contribution in [3.8, 4) is 11.5 Å². The second-order valence-corrected chi connectivity index (χ2v) is 10.2. The number of methoxy groups -OCH3 is 1. The van der Waals surface area contributed by atoms with E-state index in [-0.39, 0.29) is 22.4 Å². The fourth-order valence-corrected chi connectivity index (χ4v) is 4.56. The SMILES string of the molecule is COc1cc(Nc2nccc(N(Cc3cc(C(F)(F)F)ccc3Cl)C(=O)O)n2)ccc1OCCCN1CCN(C)CC1. The smallest absolute Gasteiger partial charge is 0.416 e. The van der Waals surface area contributed by atoms with E-state index >= 15 is 0 Å². The third kappa shape index (κ3) is 8.37. The summed E-state index contributed by atoms with van der Waals surface area (Å²) in [5.74, 6) is 1.07. The van der Waals surface area contributed by atoms with Gasteiger partial charge in [-0.15, -0.1) is 0 Å². The Balaban J connectivity index is 1.41. The van der Waals surface area contributed by atoms with E-state index in [0.717, 1.165) is 62.2 Å². The van der Waals surface area contributed by atoms with Gasteiger partial charge in [-0.3, -0.25) is 4.90 Å². The first-order valence-electron chi connectivity index (χ1n) is 13.2. The van der Waals surface area contributed by atoms with Crippen LogP contribution in [0.25, 0.3) is 0 Å².